The maximum atomic E-state index is 13.4. The first-order valence-corrected chi connectivity index (χ1v) is 14.7. The van der Waals surface area contributed by atoms with E-state index in [4.69, 9.17) is 11.8 Å². The average molecular weight is 608 g/mol. The number of rotatable bonds is 2. The third kappa shape index (κ3) is 6.30. The molecular weight excluding hydrogens is 574 g/mol. The fraction of sp³-hybridized carbons (Fsp3) is 0.516. The van der Waals surface area contributed by atoms with Crippen molar-refractivity contribution in [3.05, 3.63) is 78.5 Å². The Morgan fingerprint density at radius 2 is 1.32 bits per heavy atom. The summed E-state index contributed by atoms with van der Waals surface area (Å²) in [6, 6.07) is 2.71. The second-order valence-electron chi connectivity index (χ2n) is 12.1. The van der Waals surface area contributed by atoms with Crippen molar-refractivity contribution in [3.8, 4) is 0 Å². The molecule has 2 spiro atoms. The second-order valence-corrected chi connectivity index (χ2v) is 12.1. The Morgan fingerprint density at radius 3 is 1.91 bits per heavy atom. The Kier molecular flexibility index (Phi) is 10.6. The summed E-state index contributed by atoms with van der Waals surface area (Å²) >= 11 is 0. The van der Waals surface area contributed by atoms with Crippen LogP contribution < -0.4 is 29.6 Å². The summed E-state index contributed by atoms with van der Waals surface area (Å²) in [7, 11) is 0. The molecule has 0 bridgehead atoms. The topological polar surface area (TPSA) is 96.7 Å². The van der Waals surface area contributed by atoms with Gasteiger partial charge in [0, 0.05) is 52.2 Å². The van der Waals surface area contributed by atoms with Crippen molar-refractivity contribution >= 4 is 20.2 Å². The summed E-state index contributed by atoms with van der Waals surface area (Å²) in [6.45, 7) is 7.42. The van der Waals surface area contributed by atoms with Crippen molar-refractivity contribution in [1.82, 2.24) is 30.0 Å². The number of carbonyl (C=O) groups is 2. The van der Waals surface area contributed by atoms with E-state index >= 15 is 0 Å². The number of nitrogens with zero attached hydrogens (tertiary/aromatic N) is 7. The largest absolute Gasteiger partial charge is 1.00 e. The van der Waals surface area contributed by atoms with E-state index < -0.39 is 0 Å². The van der Waals surface area contributed by atoms with E-state index in [1.54, 1.807) is 17.4 Å². The molecule has 8 rings (SSSR count). The fourth-order valence-corrected chi connectivity index (χ4v) is 6.98. The summed E-state index contributed by atoms with van der Waals surface area (Å²) in [5.41, 5.74) is 1.31. The number of hydrogen-bond donors (Lipinski definition) is 0. The zero-order valence-corrected chi connectivity index (χ0v) is 27.0. The standard InChI is InChI=1S/C15H18FN3O.C15H16FN3O.CN.B.Na/c2*16-12-8-11(9-17-10-12)13-2-7-18-6-1-3-15(4-5-15)14(20)19(13)18;1-2;;/h8-10,13H,1-7H2;2,7-10,13H,1,3-6H2;;;/q;;-1;;+1. The average Bonchev–Trinajstić information content (AvgIpc) is 3.90. The van der Waals surface area contributed by atoms with Crippen molar-refractivity contribution in [2.75, 3.05) is 19.6 Å². The van der Waals surface area contributed by atoms with Crippen molar-refractivity contribution in [2.24, 2.45) is 10.8 Å². The first-order chi connectivity index (χ1) is 20.4. The Hall–Kier alpha value is -2.85. The van der Waals surface area contributed by atoms with E-state index in [0.29, 0.717) is 0 Å². The fourth-order valence-electron chi connectivity index (χ4n) is 6.98. The molecule has 2 aliphatic carbocycles. The monoisotopic (exact) mass is 608 g/mol. The van der Waals surface area contributed by atoms with Crippen LogP contribution in [0.5, 0.6) is 0 Å². The van der Waals surface area contributed by atoms with Crippen LogP contribution in [0, 0.1) is 34.3 Å². The van der Waals surface area contributed by atoms with Crippen LogP contribution in [-0.4, -0.2) is 69.9 Å². The molecule has 3 saturated heterocycles. The number of fused-ring (bicyclic) bond motifs is 2. The van der Waals surface area contributed by atoms with E-state index in [0.717, 1.165) is 88.5 Å². The van der Waals surface area contributed by atoms with Gasteiger partial charge in [-0.3, -0.25) is 29.6 Å². The molecule has 13 heteroatoms. The Morgan fingerprint density at radius 1 is 0.773 bits per heavy atom. The van der Waals surface area contributed by atoms with Gasteiger partial charge in [-0.1, -0.05) is 0 Å². The molecule has 0 N–H and O–H groups in total. The molecule has 9 nitrogen and oxygen atoms in total. The minimum atomic E-state index is -0.363. The smallest absolute Gasteiger partial charge is 0.512 e. The van der Waals surface area contributed by atoms with Gasteiger partial charge in [-0.25, -0.2) is 18.8 Å². The van der Waals surface area contributed by atoms with E-state index in [1.807, 2.05) is 22.3 Å². The molecule has 6 aliphatic rings. The molecule has 2 atom stereocenters. The van der Waals surface area contributed by atoms with E-state index in [2.05, 4.69) is 15.0 Å². The van der Waals surface area contributed by atoms with Gasteiger partial charge in [0.15, 0.2) is 0 Å². The number of amides is 2. The minimum absolute atomic E-state index is 0. The third-order valence-electron chi connectivity index (χ3n) is 9.56. The number of carbonyl (C=O) groups excluding carboxylic acids is 2. The number of pyridine rings is 2. The van der Waals surface area contributed by atoms with E-state index in [-0.39, 0.29) is 84.3 Å². The minimum Gasteiger partial charge on any atom is -0.512 e. The van der Waals surface area contributed by atoms with Gasteiger partial charge in [0.1, 0.15) is 11.6 Å². The number of aromatic nitrogens is 2. The van der Waals surface area contributed by atoms with Crippen molar-refractivity contribution in [2.45, 2.75) is 69.9 Å². The maximum absolute atomic E-state index is 13.4. The predicted molar refractivity (Wildman–Crippen MR) is 152 cm³/mol. The number of hydrazine groups is 2. The van der Waals surface area contributed by atoms with Crippen LogP contribution in [0.4, 0.5) is 8.78 Å². The van der Waals surface area contributed by atoms with Gasteiger partial charge in [0.2, 0.25) is 11.8 Å². The maximum Gasteiger partial charge on any atom is 1.00 e. The summed E-state index contributed by atoms with van der Waals surface area (Å²) in [4.78, 5) is 33.5. The zero-order valence-electron chi connectivity index (χ0n) is 25.0. The molecule has 6 heterocycles. The predicted octanol–water partition coefficient (Wildman–Crippen LogP) is 1.41. The van der Waals surface area contributed by atoms with Crippen LogP contribution >= 0.6 is 0 Å². The second kappa shape index (κ2) is 13.7. The zero-order chi connectivity index (χ0) is 29.5. The molecule has 2 unspecified atom stereocenters. The Balaban J connectivity index is 0.000000182. The molecule has 223 valence electrons. The molecule has 2 saturated carbocycles. The first kappa shape index (κ1) is 34.0. The van der Waals surface area contributed by atoms with Crippen molar-refractivity contribution in [3.63, 3.8) is 0 Å². The molecule has 5 fully saturated rings. The third-order valence-corrected chi connectivity index (χ3v) is 9.56. The van der Waals surface area contributed by atoms with E-state index in [9.17, 15) is 18.4 Å². The van der Waals surface area contributed by atoms with Gasteiger partial charge in [-0.05, 0) is 81.6 Å². The van der Waals surface area contributed by atoms with Crippen molar-refractivity contribution in [1.29, 1.82) is 5.26 Å². The Bertz CT molecular complexity index is 1400. The molecule has 0 aromatic carbocycles. The molecule has 3 radical (unpaired) electrons. The number of hydrogen-bond acceptors (Lipinski definition) is 7. The van der Waals surface area contributed by atoms with Crippen molar-refractivity contribution < 1.29 is 47.9 Å². The van der Waals surface area contributed by atoms with Gasteiger partial charge >= 0.3 is 29.6 Å². The van der Waals surface area contributed by atoms with Gasteiger partial charge in [-0.15, -0.1) is 0 Å². The summed E-state index contributed by atoms with van der Waals surface area (Å²) in [5.74, 6) is -0.252. The molecule has 2 aromatic heterocycles. The van der Waals surface area contributed by atoms with Gasteiger partial charge in [0.25, 0.3) is 0 Å². The quantitative estimate of drug-likeness (QED) is 0.376. The molecule has 44 heavy (non-hydrogen) atoms. The van der Waals surface area contributed by atoms with Crippen LogP contribution in [-0.2, 0) is 9.59 Å². The first-order valence-electron chi connectivity index (χ1n) is 14.7. The molecule has 2 amide bonds. The van der Waals surface area contributed by atoms with Crippen LogP contribution in [0.2, 0.25) is 0 Å². The van der Waals surface area contributed by atoms with Crippen LogP contribution in [0.25, 0.3) is 0 Å². The van der Waals surface area contributed by atoms with Crippen LogP contribution in [0.3, 0.4) is 0 Å². The van der Waals surface area contributed by atoms with Gasteiger partial charge in [-0.2, -0.15) is 0 Å². The molecule has 2 aromatic rings. The normalized spacial score (nSPS) is 25.2. The van der Waals surface area contributed by atoms with Gasteiger partial charge < -0.3 is 11.8 Å². The van der Waals surface area contributed by atoms with Crippen LogP contribution in [0.15, 0.2) is 49.2 Å². The summed E-state index contributed by atoms with van der Waals surface area (Å²) in [5, 5.41) is 14.1. The van der Waals surface area contributed by atoms with Crippen LogP contribution in [0.1, 0.15) is 81.0 Å². The van der Waals surface area contributed by atoms with Gasteiger partial charge in [0.05, 0.1) is 35.3 Å². The summed E-state index contributed by atoms with van der Waals surface area (Å²) < 4.78 is 26.8. The Labute approximate surface area is 281 Å². The SMILES string of the molecule is O=C1N2C(c3cncc(F)c3)C=CN2CCCC12CC2.O=C1N2C(c3cncc(F)c3)CCN2CCCC12CC2.[B].[C-]#N.[Na+]. The number of halogens is 2. The van der Waals surface area contributed by atoms with E-state index in [1.165, 1.54) is 24.5 Å². The molecule has 4 aliphatic heterocycles. The molecular formula is C31H34BF2N7NaO2. The summed E-state index contributed by atoms with van der Waals surface area (Å²) in [6.07, 6.45) is 18.6.